The van der Waals surface area contributed by atoms with Gasteiger partial charge in [0.25, 0.3) is 5.91 Å². The number of carbonyl (C=O) groups is 1. The van der Waals surface area contributed by atoms with Crippen LogP contribution in [0.1, 0.15) is 40.4 Å². The molecule has 2 aromatic heterocycles. The number of halogens is 3. The van der Waals surface area contributed by atoms with E-state index in [-0.39, 0.29) is 5.69 Å². The third-order valence-corrected chi connectivity index (χ3v) is 4.63. The lowest BCUT2D eigenvalue weighted by molar-refractivity contribution is -0.137. The zero-order chi connectivity index (χ0) is 19.9. The monoisotopic (exact) mass is 386 g/mol. The molecule has 1 aliphatic rings. The second-order valence-corrected chi connectivity index (χ2v) is 6.84. The van der Waals surface area contributed by atoms with Gasteiger partial charge in [-0.15, -0.1) is 0 Å². The third kappa shape index (κ3) is 3.76. The van der Waals surface area contributed by atoms with Gasteiger partial charge < -0.3 is 5.32 Å². The minimum absolute atomic E-state index is 0.285. The fourth-order valence-electron chi connectivity index (χ4n) is 3.02. The summed E-state index contributed by atoms with van der Waals surface area (Å²) in [6.45, 7) is 0. The summed E-state index contributed by atoms with van der Waals surface area (Å²) >= 11 is 0. The normalized spacial score (nSPS) is 14.1. The topological polar surface area (TPSA) is 59.8 Å². The van der Waals surface area contributed by atoms with Gasteiger partial charge in [-0.05, 0) is 54.7 Å². The molecule has 2 heterocycles. The minimum Gasteiger partial charge on any atom is -0.321 e. The fourth-order valence-corrected chi connectivity index (χ4v) is 3.02. The zero-order valence-electron chi connectivity index (χ0n) is 15.0. The zero-order valence-corrected chi connectivity index (χ0v) is 15.0. The van der Waals surface area contributed by atoms with Crippen LogP contribution in [0.3, 0.4) is 0 Å². The molecule has 28 heavy (non-hydrogen) atoms. The van der Waals surface area contributed by atoms with Crippen molar-refractivity contribution in [1.82, 2.24) is 14.8 Å². The minimum atomic E-state index is -4.42. The van der Waals surface area contributed by atoms with Gasteiger partial charge in [-0.3, -0.25) is 9.48 Å². The summed E-state index contributed by atoms with van der Waals surface area (Å²) in [4.78, 5) is 17.3. The third-order valence-electron chi connectivity index (χ3n) is 4.63. The number of pyridine rings is 1. The highest BCUT2D eigenvalue weighted by Crippen LogP contribution is 2.42. The van der Waals surface area contributed by atoms with E-state index in [9.17, 15) is 18.0 Å². The lowest BCUT2D eigenvalue weighted by Crippen LogP contribution is -2.16. The Labute approximate surface area is 159 Å². The molecule has 0 spiro atoms. The number of hydrogen-bond donors (Lipinski definition) is 1. The Kier molecular flexibility index (Phi) is 4.41. The Hall–Kier alpha value is -3.16. The van der Waals surface area contributed by atoms with Gasteiger partial charge in [0, 0.05) is 24.5 Å². The first-order valence-corrected chi connectivity index (χ1v) is 8.80. The lowest BCUT2D eigenvalue weighted by atomic mass is 10.1. The molecule has 0 bridgehead atoms. The van der Waals surface area contributed by atoms with E-state index >= 15 is 0 Å². The number of nitrogens with zero attached hydrogens (tertiary/aromatic N) is 3. The van der Waals surface area contributed by atoms with Gasteiger partial charge in [0.2, 0.25) is 0 Å². The van der Waals surface area contributed by atoms with Crippen LogP contribution >= 0.6 is 0 Å². The molecule has 1 N–H and O–H groups in total. The van der Waals surface area contributed by atoms with E-state index < -0.39 is 17.6 Å². The second-order valence-electron chi connectivity index (χ2n) is 6.84. The van der Waals surface area contributed by atoms with E-state index in [1.165, 1.54) is 12.1 Å². The predicted octanol–water partition coefficient (Wildman–Crippen LogP) is 4.63. The second kappa shape index (κ2) is 6.78. The van der Waals surface area contributed by atoms with Crippen LogP contribution in [0.25, 0.3) is 11.3 Å². The summed E-state index contributed by atoms with van der Waals surface area (Å²) < 4.78 is 39.7. The number of aryl methyl sites for hydroxylation is 1. The summed E-state index contributed by atoms with van der Waals surface area (Å²) in [6.07, 6.45) is 1.04. The van der Waals surface area contributed by atoms with Gasteiger partial charge in [0.1, 0.15) is 5.69 Å². The quantitative estimate of drug-likeness (QED) is 0.711. The molecule has 5 nitrogen and oxygen atoms in total. The molecule has 0 atom stereocenters. The van der Waals surface area contributed by atoms with Crippen molar-refractivity contribution in [2.45, 2.75) is 24.9 Å². The standard InChI is InChI=1S/C20H17F3N4O/c1-27-11-13(10-24-27)17-9-8-16(12-2-3-12)18(26-17)19(28)25-15-6-4-14(5-7-15)20(21,22)23/h4-12H,2-3H2,1H3,(H,25,28). The van der Waals surface area contributed by atoms with Crippen molar-refractivity contribution >= 4 is 11.6 Å². The number of benzene rings is 1. The first-order chi connectivity index (χ1) is 13.3. The van der Waals surface area contributed by atoms with Gasteiger partial charge in [0.15, 0.2) is 0 Å². The molecule has 8 heteroatoms. The Balaban J connectivity index is 1.62. The van der Waals surface area contributed by atoms with Crippen LogP contribution < -0.4 is 5.32 Å². The lowest BCUT2D eigenvalue weighted by Gasteiger charge is -2.11. The van der Waals surface area contributed by atoms with Crippen molar-refractivity contribution in [2.24, 2.45) is 7.05 Å². The molecule has 1 aliphatic carbocycles. The predicted molar refractivity (Wildman–Crippen MR) is 97.8 cm³/mol. The Morgan fingerprint density at radius 1 is 1.14 bits per heavy atom. The maximum atomic E-state index is 12.8. The molecule has 4 rings (SSSR count). The molecule has 1 amide bonds. The van der Waals surface area contributed by atoms with Crippen molar-refractivity contribution in [3.05, 3.63) is 65.6 Å². The van der Waals surface area contributed by atoms with Gasteiger partial charge in [0.05, 0.1) is 17.5 Å². The van der Waals surface area contributed by atoms with Crippen molar-refractivity contribution < 1.29 is 18.0 Å². The van der Waals surface area contributed by atoms with Crippen molar-refractivity contribution in [3.63, 3.8) is 0 Å². The van der Waals surface area contributed by atoms with Crippen LogP contribution in [-0.4, -0.2) is 20.7 Å². The number of anilines is 1. The molecule has 0 aliphatic heterocycles. The summed E-state index contributed by atoms with van der Waals surface area (Å²) in [6, 6.07) is 8.12. The Bertz CT molecular complexity index is 1020. The Morgan fingerprint density at radius 2 is 1.86 bits per heavy atom. The van der Waals surface area contributed by atoms with E-state index in [2.05, 4.69) is 15.4 Å². The fraction of sp³-hybridized carbons (Fsp3) is 0.250. The molecule has 0 saturated heterocycles. The van der Waals surface area contributed by atoms with E-state index in [0.717, 1.165) is 36.1 Å². The molecular weight excluding hydrogens is 369 g/mol. The van der Waals surface area contributed by atoms with Crippen molar-refractivity contribution in [1.29, 1.82) is 0 Å². The molecule has 144 valence electrons. The van der Waals surface area contributed by atoms with Gasteiger partial charge in [-0.2, -0.15) is 18.3 Å². The van der Waals surface area contributed by atoms with Crippen molar-refractivity contribution in [3.8, 4) is 11.3 Å². The molecule has 1 fully saturated rings. The van der Waals surface area contributed by atoms with Crippen LogP contribution in [0.2, 0.25) is 0 Å². The largest absolute Gasteiger partial charge is 0.416 e. The number of hydrogen-bond acceptors (Lipinski definition) is 3. The molecule has 0 unspecified atom stereocenters. The smallest absolute Gasteiger partial charge is 0.321 e. The van der Waals surface area contributed by atoms with Gasteiger partial charge in [-0.25, -0.2) is 4.98 Å². The highest BCUT2D eigenvalue weighted by molar-refractivity contribution is 6.04. The number of carbonyl (C=O) groups excluding carboxylic acids is 1. The average Bonchev–Trinajstić information content (AvgIpc) is 3.41. The maximum Gasteiger partial charge on any atom is 0.416 e. The first kappa shape index (κ1) is 18.2. The van der Waals surface area contributed by atoms with Crippen LogP contribution in [0.4, 0.5) is 18.9 Å². The summed E-state index contributed by atoms with van der Waals surface area (Å²) in [7, 11) is 1.79. The number of nitrogens with one attached hydrogen (secondary N) is 1. The number of aromatic nitrogens is 3. The van der Waals surface area contributed by atoms with E-state index in [1.54, 1.807) is 24.1 Å². The molecule has 1 saturated carbocycles. The van der Waals surface area contributed by atoms with Crippen LogP contribution in [-0.2, 0) is 13.2 Å². The number of amides is 1. The Morgan fingerprint density at radius 3 is 2.43 bits per heavy atom. The first-order valence-electron chi connectivity index (χ1n) is 8.80. The maximum absolute atomic E-state index is 12.8. The van der Waals surface area contributed by atoms with Crippen LogP contribution in [0.5, 0.6) is 0 Å². The van der Waals surface area contributed by atoms with E-state index in [4.69, 9.17) is 0 Å². The van der Waals surface area contributed by atoms with Crippen molar-refractivity contribution in [2.75, 3.05) is 5.32 Å². The summed E-state index contributed by atoms with van der Waals surface area (Å²) in [5, 5.41) is 6.77. The molecule has 1 aromatic carbocycles. The molecular formula is C20H17F3N4O. The van der Waals surface area contributed by atoms with Crippen LogP contribution in [0.15, 0.2) is 48.8 Å². The van der Waals surface area contributed by atoms with Gasteiger partial charge in [-0.1, -0.05) is 6.07 Å². The number of rotatable bonds is 4. The highest BCUT2D eigenvalue weighted by atomic mass is 19.4. The number of alkyl halides is 3. The van der Waals surface area contributed by atoms with E-state index in [0.29, 0.717) is 17.3 Å². The average molecular weight is 386 g/mol. The van der Waals surface area contributed by atoms with E-state index in [1.807, 2.05) is 12.1 Å². The molecule has 3 aromatic rings. The highest BCUT2D eigenvalue weighted by Gasteiger charge is 2.31. The summed E-state index contributed by atoms with van der Waals surface area (Å²) in [5.41, 5.74) is 2.08. The van der Waals surface area contributed by atoms with Crippen LogP contribution in [0, 0.1) is 0 Å². The SMILES string of the molecule is Cn1cc(-c2ccc(C3CC3)c(C(=O)Nc3ccc(C(F)(F)F)cc3)n2)cn1. The molecule has 0 radical (unpaired) electrons. The summed E-state index contributed by atoms with van der Waals surface area (Å²) in [5.74, 6) is -0.142. The van der Waals surface area contributed by atoms with Gasteiger partial charge >= 0.3 is 6.18 Å².